The molecule has 7 rings (SSSR count). The minimum atomic E-state index is -0.682. The molecule has 19 nitrogen and oxygen atoms in total. The Kier molecular flexibility index (Phi) is 11.2. The van der Waals surface area contributed by atoms with E-state index in [0.717, 1.165) is 0 Å². The number of oxazole rings is 1. The maximum atomic E-state index is 13.7. The van der Waals surface area contributed by atoms with Gasteiger partial charge in [-0.25, -0.2) is 15.0 Å². The van der Waals surface area contributed by atoms with Crippen molar-refractivity contribution in [1.29, 1.82) is 0 Å². The van der Waals surface area contributed by atoms with E-state index in [0.29, 0.717) is 75.9 Å². The van der Waals surface area contributed by atoms with E-state index < -0.39 is 23.6 Å². The van der Waals surface area contributed by atoms with Crippen LogP contribution in [-0.4, -0.2) is 89.0 Å². The predicted octanol–water partition coefficient (Wildman–Crippen LogP) is 3.51. The molecule has 6 N–H and O–H groups in total. The van der Waals surface area contributed by atoms with Gasteiger partial charge in [-0.1, -0.05) is 19.1 Å². The van der Waals surface area contributed by atoms with Crippen molar-refractivity contribution in [1.82, 2.24) is 39.2 Å². The molecule has 302 valence electrons. The number of anilines is 2. The highest BCUT2D eigenvalue weighted by Gasteiger charge is 2.25. The maximum absolute atomic E-state index is 13.7. The molecule has 4 aromatic heterocycles. The molecule has 0 atom stereocenters. The summed E-state index contributed by atoms with van der Waals surface area (Å²) in [7, 11) is 0. The van der Waals surface area contributed by atoms with Crippen LogP contribution in [0.4, 0.5) is 11.9 Å². The van der Waals surface area contributed by atoms with Gasteiger partial charge in [-0.15, -0.1) is 0 Å². The smallest absolute Gasteiger partial charge is 0.295 e. The van der Waals surface area contributed by atoms with E-state index in [1.165, 1.54) is 6.07 Å². The molecule has 0 aliphatic carbocycles. The molecular weight excluding hydrogens is 750 g/mol. The Balaban J connectivity index is 1.32. The van der Waals surface area contributed by atoms with Gasteiger partial charge in [0.05, 0.1) is 42.2 Å². The molecule has 0 bridgehead atoms. The van der Waals surface area contributed by atoms with Gasteiger partial charge < -0.3 is 39.2 Å². The molecule has 0 unspecified atom stereocenters. The number of nitrogens with zero attached hydrogens (tertiary/aromatic N) is 7. The van der Waals surface area contributed by atoms with Gasteiger partial charge in [0.25, 0.3) is 17.7 Å². The normalized spacial score (nSPS) is 13.6. The average molecular weight is 794 g/mol. The van der Waals surface area contributed by atoms with E-state index in [2.05, 4.69) is 26.0 Å². The van der Waals surface area contributed by atoms with Gasteiger partial charge in [-0.3, -0.25) is 34.5 Å². The van der Waals surface area contributed by atoms with E-state index in [1.54, 1.807) is 51.9 Å². The third-order valence-electron chi connectivity index (χ3n) is 9.33. The molecule has 0 fully saturated rings. The SMILES string of the molecule is CCc1nc(C)oc1C(=O)Nc1nc2cc(C(=O)NCCO)cc3c2n1C/C=C/Cn1c(NC(=O)c2cc(C)nn2CC)nc2cc(C(N)=O)cc(c21)OCCCO3. The highest BCUT2D eigenvalue weighted by molar-refractivity contribution is 6.05. The number of aliphatic hydroxyl groups is 1. The molecule has 58 heavy (non-hydrogen) atoms. The summed E-state index contributed by atoms with van der Waals surface area (Å²) >= 11 is 0. The van der Waals surface area contributed by atoms with Gasteiger partial charge in [0, 0.05) is 50.7 Å². The Labute approximate surface area is 331 Å². The van der Waals surface area contributed by atoms with E-state index in [1.807, 2.05) is 26.0 Å². The van der Waals surface area contributed by atoms with Crippen LogP contribution < -0.4 is 31.2 Å². The van der Waals surface area contributed by atoms with Gasteiger partial charge in [0.15, 0.2) is 5.89 Å². The van der Waals surface area contributed by atoms with Crippen molar-refractivity contribution in [3.63, 3.8) is 0 Å². The lowest BCUT2D eigenvalue weighted by molar-refractivity contribution is 0.0942. The number of rotatable bonds is 10. The first kappa shape index (κ1) is 39.2. The Morgan fingerprint density at radius 3 is 2.00 bits per heavy atom. The van der Waals surface area contributed by atoms with E-state index >= 15 is 0 Å². The van der Waals surface area contributed by atoms with Crippen LogP contribution in [0.1, 0.15) is 79.3 Å². The number of hydrogen-bond donors (Lipinski definition) is 5. The summed E-state index contributed by atoms with van der Waals surface area (Å²) in [6.07, 6.45) is 4.49. The standard InChI is InChI=1S/C39H43N11O8/c1-5-25-33(58-22(4)42-25)37(55)46-39-44-27-18-24(35(53)41-10-13-51)20-30-32(27)49(39)12-8-7-11-48-31-26(17-23(34(40)52)19-29(31)56-14-9-15-57-30)43-38(48)45-36(54)28-16-21(3)47-50(28)6-2/h7-8,16-20,51H,5-6,9-15H2,1-4H3,(H2,40,52)(H,41,53)(H,43,45,54)(H,44,46,55)/b8-7+. The number of aromatic nitrogens is 7. The van der Waals surface area contributed by atoms with Crippen LogP contribution in [0.25, 0.3) is 22.1 Å². The molecular formula is C39H43N11O8. The second kappa shape index (κ2) is 16.6. The Morgan fingerprint density at radius 1 is 0.810 bits per heavy atom. The Bertz CT molecular complexity index is 2600. The van der Waals surface area contributed by atoms with Gasteiger partial charge in [0.1, 0.15) is 28.2 Å². The van der Waals surface area contributed by atoms with Crippen molar-refractivity contribution in [3.8, 4) is 11.5 Å². The first-order valence-corrected chi connectivity index (χ1v) is 18.8. The number of nitrogens with one attached hydrogen (secondary N) is 3. The Morgan fingerprint density at radius 2 is 1.41 bits per heavy atom. The number of carbonyl (C=O) groups is 4. The highest BCUT2D eigenvalue weighted by Crippen LogP contribution is 2.34. The van der Waals surface area contributed by atoms with Crippen LogP contribution in [-0.2, 0) is 26.1 Å². The summed E-state index contributed by atoms with van der Waals surface area (Å²) in [5, 5.41) is 22.2. The first-order chi connectivity index (χ1) is 28.0. The topological polar surface area (TPSA) is 249 Å². The summed E-state index contributed by atoms with van der Waals surface area (Å²) in [6.45, 7) is 8.07. The lowest BCUT2D eigenvalue weighted by Crippen LogP contribution is -2.26. The number of ether oxygens (including phenoxy) is 2. The van der Waals surface area contributed by atoms with Crippen molar-refractivity contribution in [2.24, 2.45) is 5.73 Å². The number of aryl methyl sites for hydroxylation is 4. The highest BCUT2D eigenvalue weighted by atomic mass is 16.5. The summed E-state index contributed by atoms with van der Waals surface area (Å²) in [4.78, 5) is 66.6. The summed E-state index contributed by atoms with van der Waals surface area (Å²) < 4.78 is 23.3. The molecule has 0 spiro atoms. The number of aliphatic hydroxyl groups excluding tert-OH is 1. The first-order valence-electron chi connectivity index (χ1n) is 18.8. The largest absolute Gasteiger partial charge is 0.491 e. The number of hydrogen-bond acceptors (Lipinski definition) is 12. The van der Waals surface area contributed by atoms with Crippen LogP contribution in [0.15, 0.2) is 46.9 Å². The molecule has 19 heteroatoms. The zero-order valence-electron chi connectivity index (χ0n) is 32.4. The van der Waals surface area contributed by atoms with Crippen molar-refractivity contribution in [2.45, 2.75) is 60.2 Å². The van der Waals surface area contributed by atoms with Crippen LogP contribution in [0.3, 0.4) is 0 Å². The zero-order valence-corrected chi connectivity index (χ0v) is 32.4. The molecule has 0 radical (unpaired) electrons. The van der Waals surface area contributed by atoms with E-state index in [4.69, 9.17) is 29.6 Å². The maximum Gasteiger partial charge on any atom is 0.295 e. The van der Waals surface area contributed by atoms with Crippen molar-refractivity contribution in [3.05, 3.63) is 82.3 Å². The molecule has 4 amide bonds. The third-order valence-corrected chi connectivity index (χ3v) is 9.33. The van der Waals surface area contributed by atoms with Crippen LogP contribution in [0.5, 0.6) is 11.5 Å². The van der Waals surface area contributed by atoms with Crippen LogP contribution in [0.2, 0.25) is 0 Å². The number of imidazole rings is 2. The number of carbonyl (C=O) groups excluding carboxylic acids is 4. The van der Waals surface area contributed by atoms with Gasteiger partial charge in [-0.2, -0.15) is 5.10 Å². The van der Waals surface area contributed by atoms with Gasteiger partial charge in [0.2, 0.25) is 23.6 Å². The Hall–Kier alpha value is -7.02. The third kappa shape index (κ3) is 7.83. The van der Waals surface area contributed by atoms with Crippen molar-refractivity contribution < 1.29 is 38.2 Å². The van der Waals surface area contributed by atoms with E-state index in [-0.39, 0.29) is 68.2 Å². The monoisotopic (exact) mass is 793 g/mol. The van der Waals surface area contributed by atoms with Crippen molar-refractivity contribution in [2.75, 3.05) is 37.0 Å². The number of nitrogens with two attached hydrogens (primary N) is 1. The van der Waals surface area contributed by atoms with E-state index in [9.17, 15) is 24.3 Å². The number of amides is 4. The minimum absolute atomic E-state index is 0.0399. The van der Waals surface area contributed by atoms with Gasteiger partial charge >= 0.3 is 0 Å². The van der Waals surface area contributed by atoms with Crippen LogP contribution >= 0.6 is 0 Å². The molecule has 1 aliphatic heterocycles. The molecule has 6 aromatic rings. The predicted molar refractivity (Wildman–Crippen MR) is 211 cm³/mol. The molecule has 2 aromatic carbocycles. The molecule has 0 saturated carbocycles. The van der Waals surface area contributed by atoms with Crippen LogP contribution in [0, 0.1) is 13.8 Å². The fourth-order valence-corrected chi connectivity index (χ4v) is 6.73. The quantitative estimate of drug-likeness (QED) is 0.125. The molecule has 1 aliphatic rings. The summed E-state index contributed by atoms with van der Waals surface area (Å²) in [5.41, 5.74) is 9.35. The summed E-state index contributed by atoms with van der Waals surface area (Å²) in [6, 6.07) is 7.92. The second-order valence-electron chi connectivity index (χ2n) is 13.4. The molecule has 0 saturated heterocycles. The number of benzene rings is 2. The summed E-state index contributed by atoms with van der Waals surface area (Å²) in [5.74, 6) is -0.755. The zero-order chi connectivity index (χ0) is 41.1. The molecule has 5 heterocycles. The number of allylic oxidation sites excluding steroid dienone is 2. The average Bonchev–Trinajstić information content (AvgIpc) is 3.96. The second-order valence-corrected chi connectivity index (χ2v) is 13.4. The number of primary amides is 1. The fraction of sp³-hybridized carbons (Fsp3) is 0.333. The fourth-order valence-electron chi connectivity index (χ4n) is 6.73. The van der Waals surface area contributed by atoms with Crippen molar-refractivity contribution >= 4 is 57.6 Å². The minimum Gasteiger partial charge on any atom is -0.491 e. The van der Waals surface area contributed by atoms with Gasteiger partial charge in [-0.05, 0) is 50.6 Å². The lowest BCUT2D eigenvalue weighted by atomic mass is 10.1. The lowest BCUT2D eigenvalue weighted by Gasteiger charge is -2.14.